The average Bonchev–Trinajstić information content (AvgIpc) is 2.88. The van der Waals surface area contributed by atoms with E-state index in [1.165, 1.54) is 24.3 Å². The first-order chi connectivity index (χ1) is 17.3. The van der Waals surface area contributed by atoms with Crippen molar-refractivity contribution < 1.29 is 23.9 Å². The summed E-state index contributed by atoms with van der Waals surface area (Å²) in [6.45, 7) is -0.271. The number of halogens is 1. The molecule has 36 heavy (non-hydrogen) atoms. The Bertz CT molecular complexity index is 1530. The van der Waals surface area contributed by atoms with Gasteiger partial charge in [0.05, 0.1) is 24.7 Å². The molecular formula is C26H20ClN3O6. The number of fused-ring (bicyclic) bond motifs is 1. The van der Waals surface area contributed by atoms with E-state index in [-0.39, 0.29) is 29.1 Å². The van der Waals surface area contributed by atoms with Crippen LogP contribution in [0.5, 0.6) is 5.88 Å². The summed E-state index contributed by atoms with van der Waals surface area (Å²) < 4.78 is 11.7. The van der Waals surface area contributed by atoms with E-state index in [0.717, 1.165) is 7.11 Å². The molecule has 0 aliphatic rings. The first kappa shape index (κ1) is 24.5. The molecule has 0 saturated carbocycles. The second-order valence-corrected chi connectivity index (χ2v) is 8.06. The lowest BCUT2D eigenvalue weighted by Gasteiger charge is -2.20. The van der Waals surface area contributed by atoms with Gasteiger partial charge in [-0.2, -0.15) is 0 Å². The fourth-order valence-corrected chi connectivity index (χ4v) is 3.83. The van der Waals surface area contributed by atoms with Crippen molar-refractivity contribution in [2.75, 3.05) is 7.11 Å². The van der Waals surface area contributed by atoms with Crippen molar-refractivity contribution in [1.82, 2.24) is 9.88 Å². The fraction of sp³-hybridized carbons (Fsp3) is 0.0769. The molecule has 0 aliphatic carbocycles. The predicted molar refractivity (Wildman–Crippen MR) is 134 cm³/mol. The van der Waals surface area contributed by atoms with E-state index in [1.54, 1.807) is 47.0 Å². The van der Waals surface area contributed by atoms with Crippen molar-refractivity contribution in [1.29, 1.82) is 0 Å². The Labute approximate surface area is 210 Å². The number of carbonyl (C=O) groups excluding carboxylic acids is 3. The highest BCUT2D eigenvalue weighted by atomic mass is 35.5. The summed E-state index contributed by atoms with van der Waals surface area (Å²) in [6.07, 6.45) is -1.05. The predicted octanol–water partition coefficient (Wildman–Crippen LogP) is 3.82. The van der Waals surface area contributed by atoms with E-state index in [1.807, 2.05) is 6.07 Å². The van der Waals surface area contributed by atoms with Gasteiger partial charge in [-0.25, -0.2) is 4.79 Å². The van der Waals surface area contributed by atoms with Gasteiger partial charge >= 0.3 is 6.16 Å². The van der Waals surface area contributed by atoms with Crippen LogP contribution in [0.2, 0.25) is 5.02 Å². The van der Waals surface area contributed by atoms with E-state index in [4.69, 9.17) is 22.1 Å². The standard InChI is InChI=1S/C26H20ClN3O6/c1-35-26(34)36-25-20(14-29-24(33)16-9-7-15(8-10-16)23(28)32)22(31)19-12-11-17(27)13-21(19)30(25)18-5-3-2-4-6-18/h2-13H,14H2,1H3,(H2,28,32)(H,29,33). The van der Waals surface area contributed by atoms with Gasteiger partial charge in [-0.3, -0.25) is 19.0 Å². The molecule has 0 fully saturated rings. The zero-order chi connectivity index (χ0) is 25.8. The molecule has 9 nitrogen and oxygen atoms in total. The monoisotopic (exact) mass is 505 g/mol. The van der Waals surface area contributed by atoms with Crippen LogP contribution in [-0.2, 0) is 11.3 Å². The van der Waals surface area contributed by atoms with Gasteiger partial charge in [0.2, 0.25) is 11.8 Å². The molecule has 0 atom stereocenters. The third-order valence-electron chi connectivity index (χ3n) is 5.40. The van der Waals surface area contributed by atoms with Crippen LogP contribution < -0.4 is 21.2 Å². The minimum Gasteiger partial charge on any atom is -0.437 e. The Kier molecular flexibility index (Phi) is 7.03. The molecule has 0 unspecified atom stereocenters. The van der Waals surface area contributed by atoms with Crippen LogP contribution >= 0.6 is 11.6 Å². The first-order valence-corrected chi connectivity index (χ1v) is 11.0. The molecule has 0 radical (unpaired) electrons. The number of benzene rings is 3. The Morgan fingerprint density at radius 2 is 1.64 bits per heavy atom. The van der Waals surface area contributed by atoms with Gasteiger partial charge in [-0.1, -0.05) is 29.8 Å². The van der Waals surface area contributed by atoms with Crippen LogP contribution in [-0.4, -0.2) is 29.6 Å². The summed E-state index contributed by atoms with van der Waals surface area (Å²) in [6, 6.07) is 19.3. The number of hydrogen-bond donors (Lipinski definition) is 2. The molecule has 3 aromatic carbocycles. The molecule has 0 spiro atoms. The van der Waals surface area contributed by atoms with Gasteiger partial charge in [0.25, 0.3) is 5.91 Å². The number of nitrogens with two attached hydrogens (primary N) is 1. The third-order valence-corrected chi connectivity index (χ3v) is 5.63. The van der Waals surface area contributed by atoms with Crippen LogP contribution in [0.4, 0.5) is 4.79 Å². The first-order valence-electron chi connectivity index (χ1n) is 10.7. The highest BCUT2D eigenvalue weighted by molar-refractivity contribution is 6.31. The minimum atomic E-state index is -1.05. The number of pyridine rings is 1. The molecule has 0 bridgehead atoms. The normalized spacial score (nSPS) is 10.6. The van der Waals surface area contributed by atoms with E-state index < -0.39 is 23.4 Å². The summed E-state index contributed by atoms with van der Waals surface area (Å²) in [5, 5.41) is 3.34. The maximum atomic E-state index is 13.5. The molecule has 1 heterocycles. The Balaban J connectivity index is 1.84. The third kappa shape index (κ3) is 4.91. The van der Waals surface area contributed by atoms with E-state index in [9.17, 15) is 19.2 Å². The molecule has 2 amide bonds. The number of carbonyl (C=O) groups is 3. The Hall–Kier alpha value is -4.63. The maximum Gasteiger partial charge on any atom is 0.514 e. The van der Waals surface area contributed by atoms with Gasteiger partial charge in [0, 0.05) is 27.2 Å². The topological polar surface area (TPSA) is 130 Å². The van der Waals surface area contributed by atoms with E-state index in [2.05, 4.69) is 10.1 Å². The van der Waals surface area contributed by atoms with E-state index in [0.29, 0.717) is 21.6 Å². The second kappa shape index (κ2) is 10.3. The lowest BCUT2D eigenvalue weighted by molar-refractivity contribution is 0.0947. The lowest BCUT2D eigenvalue weighted by Crippen LogP contribution is -2.29. The fourth-order valence-electron chi connectivity index (χ4n) is 3.66. The highest BCUT2D eigenvalue weighted by Gasteiger charge is 2.23. The average molecular weight is 506 g/mol. The van der Waals surface area contributed by atoms with Crippen molar-refractivity contribution in [2.24, 2.45) is 5.73 Å². The van der Waals surface area contributed by atoms with Crippen LogP contribution in [0.1, 0.15) is 26.3 Å². The quantitative estimate of drug-likeness (QED) is 0.383. The van der Waals surface area contributed by atoms with Crippen molar-refractivity contribution in [2.45, 2.75) is 6.54 Å². The van der Waals surface area contributed by atoms with Crippen molar-refractivity contribution in [3.05, 3.63) is 105 Å². The number of amides is 2. The zero-order valence-corrected chi connectivity index (χ0v) is 19.7. The van der Waals surface area contributed by atoms with Gasteiger partial charge < -0.3 is 20.5 Å². The zero-order valence-electron chi connectivity index (χ0n) is 19.0. The highest BCUT2D eigenvalue weighted by Crippen LogP contribution is 2.29. The lowest BCUT2D eigenvalue weighted by atomic mass is 10.1. The second-order valence-electron chi connectivity index (χ2n) is 7.63. The molecule has 1 aromatic heterocycles. The molecule has 182 valence electrons. The number of ether oxygens (including phenoxy) is 2. The molecular weight excluding hydrogens is 486 g/mol. The maximum absolute atomic E-state index is 13.5. The summed E-state index contributed by atoms with van der Waals surface area (Å²) in [7, 11) is 1.14. The summed E-state index contributed by atoms with van der Waals surface area (Å²) in [5.41, 5.74) is 6.26. The van der Waals surface area contributed by atoms with Crippen LogP contribution in [0, 0.1) is 0 Å². The molecule has 4 rings (SSSR count). The molecule has 10 heteroatoms. The molecule has 4 aromatic rings. The number of primary amides is 1. The van der Waals surface area contributed by atoms with Gasteiger partial charge in [0.1, 0.15) is 0 Å². The van der Waals surface area contributed by atoms with Gasteiger partial charge in [-0.15, -0.1) is 0 Å². The van der Waals surface area contributed by atoms with E-state index >= 15 is 0 Å². The molecule has 0 saturated heterocycles. The van der Waals surface area contributed by atoms with Crippen molar-refractivity contribution >= 4 is 40.5 Å². The molecule has 0 aliphatic heterocycles. The van der Waals surface area contributed by atoms with Crippen LogP contribution in [0.25, 0.3) is 16.6 Å². The SMILES string of the molecule is COC(=O)Oc1c(CNC(=O)c2ccc(C(N)=O)cc2)c(=O)c2ccc(Cl)cc2n1-c1ccccc1. The number of nitrogens with zero attached hydrogens (tertiary/aromatic N) is 1. The minimum absolute atomic E-state index is 0.0150. The number of rotatable bonds is 6. The summed E-state index contributed by atoms with van der Waals surface area (Å²) in [5.74, 6) is -1.27. The summed E-state index contributed by atoms with van der Waals surface area (Å²) in [4.78, 5) is 49.7. The summed E-state index contributed by atoms with van der Waals surface area (Å²) >= 11 is 6.22. The van der Waals surface area contributed by atoms with Crippen LogP contribution in [0.15, 0.2) is 77.6 Å². The van der Waals surface area contributed by atoms with Gasteiger partial charge in [-0.05, 0) is 54.6 Å². The number of nitrogens with one attached hydrogen (secondary N) is 1. The van der Waals surface area contributed by atoms with Crippen molar-refractivity contribution in [3.63, 3.8) is 0 Å². The van der Waals surface area contributed by atoms with Gasteiger partial charge in [0.15, 0.2) is 5.43 Å². The number of methoxy groups -OCH3 is 1. The number of aromatic nitrogens is 1. The van der Waals surface area contributed by atoms with Crippen molar-refractivity contribution in [3.8, 4) is 11.6 Å². The Morgan fingerprint density at radius 3 is 2.28 bits per heavy atom. The smallest absolute Gasteiger partial charge is 0.437 e. The van der Waals surface area contributed by atoms with Crippen LogP contribution in [0.3, 0.4) is 0 Å². The number of hydrogen-bond acceptors (Lipinski definition) is 6. The number of para-hydroxylation sites is 1. The largest absolute Gasteiger partial charge is 0.514 e. The molecule has 3 N–H and O–H groups in total. The Morgan fingerprint density at radius 1 is 0.972 bits per heavy atom.